The van der Waals surface area contributed by atoms with E-state index in [1.807, 2.05) is 24.3 Å². The number of para-hydroxylation sites is 2. The van der Waals surface area contributed by atoms with Crippen LogP contribution in [0.3, 0.4) is 0 Å². The van der Waals surface area contributed by atoms with Crippen LogP contribution in [-0.2, 0) is 0 Å². The molecule has 0 unspecified atom stereocenters. The Kier molecular flexibility index (Phi) is 3.85. The van der Waals surface area contributed by atoms with E-state index in [-0.39, 0.29) is 5.91 Å². The number of nitrogens with one attached hydrogen (secondary N) is 3. The lowest BCUT2D eigenvalue weighted by atomic mass is 10.1. The molecule has 6 nitrogen and oxygen atoms in total. The van der Waals surface area contributed by atoms with E-state index in [1.54, 1.807) is 0 Å². The van der Waals surface area contributed by atoms with Crippen LogP contribution < -0.4 is 16.2 Å². The average Bonchev–Trinajstić information content (AvgIpc) is 3.00. The Labute approximate surface area is 117 Å². The molecule has 104 valence electrons. The SMILES string of the molecule is O=C(NCCC1CNNC1)c1cnc2ccccc2n1. The monoisotopic (exact) mass is 271 g/mol. The van der Waals surface area contributed by atoms with E-state index in [0.29, 0.717) is 18.2 Å². The third-order valence-corrected chi connectivity index (χ3v) is 3.43. The second-order valence-electron chi connectivity index (χ2n) is 4.92. The highest BCUT2D eigenvalue weighted by Crippen LogP contribution is 2.08. The standard InChI is InChI=1S/C14H17N5O/c20-14(15-6-5-10-7-17-18-8-10)13-9-16-11-3-1-2-4-12(11)19-13/h1-4,9-10,17-18H,5-8H2,(H,15,20). The number of carbonyl (C=O) groups is 1. The topological polar surface area (TPSA) is 78.9 Å². The first-order valence-corrected chi connectivity index (χ1v) is 6.78. The van der Waals surface area contributed by atoms with Gasteiger partial charge in [0.2, 0.25) is 0 Å². The molecule has 0 atom stereocenters. The summed E-state index contributed by atoms with van der Waals surface area (Å²) in [6.45, 7) is 2.55. The summed E-state index contributed by atoms with van der Waals surface area (Å²) in [7, 11) is 0. The Morgan fingerprint density at radius 3 is 2.80 bits per heavy atom. The summed E-state index contributed by atoms with van der Waals surface area (Å²) in [5.74, 6) is 0.403. The number of hydrogen-bond acceptors (Lipinski definition) is 5. The molecule has 0 spiro atoms. The fourth-order valence-electron chi connectivity index (χ4n) is 2.26. The molecule has 2 heterocycles. The molecule has 1 aromatic heterocycles. The number of fused-ring (bicyclic) bond motifs is 1. The molecule has 1 aliphatic rings. The molecule has 3 N–H and O–H groups in total. The number of carbonyl (C=O) groups excluding carboxylic acids is 1. The van der Waals surface area contributed by atoms with Crippen LogP contribution in [0, 0.1) is 5.92 Å². The molecule has 0 saturated carbocycles. The highest BCUT2D eigenvalue weighted by Gasteiger charge is 2.14. The van der Waals surface area contributed by atoms with Gasteiger partial charge >= 0.3 is 0 Å². The number of benzene rings is 1. The van der Waals surface area contributed by atoms with E-state index in [1.165, 1.54) is 6.20 Å². The van der Waals surface area contributed by atoms with Crippen molar-refractivity contribution in [3.63, 3.8) is 0 Å². The fraction of sp³-hybridized carbons (Fsp3) is 0.357. The van der Waals surface area contributed by atoms with E-state index in [2.05, 4.69) is 26.1 Å². The summed E-state index contributed by atoms with van der Waals surface area (Å²) in [5, 5.41) is 2.89. The van der Waals surface area contributed by atoms with Crippen molar-refractivity contribution < 1.29 is 4.79 Å². The second kappa shape index (κ2) is 5.94. The molecule has 0 aliphatic carbocycles. The average molecular weight is 271 g/mol. The summed E-state index contributed by atoms with van der Waals surface area (Å²) >= 11 is 0. The molecule has 2 aromatic rings. The van der Waals surface area contributed by atoms with Crippen LogP contribution in [0.5, 0.6) is 0 Å². The molecule has 6 heteroatoms. The second-order valence-corrected chi connectivity index (χ2v) is 4.92. The third kappa shape index (κ3) is 2.92. The van der Waals surface area contributed by atoms with E-state index in [4.69, 9.17) is 0 Å². The van der Waals surface area contributed by atoms with Crippen LogP contribution in [-0.4, -0.2) is 35.5 Å². The first kappa shape index (κ1) is 13.0. The summed E-state index contributed by atoms with van der Waals surface area (Å²) in [4.78, 5) is 20.6. The van der Waals surface area contributed by atoms with Gasteiger partial charge in [-0.05, 0) is 24.5 Å². The van der Waals surface area contributed by atoms with Gasteiger partial charge in [0.05, 0.1) is 17.2 Å². The molecule has 0 bridgehead atoms. The van der Waals surface area contributed by atoms with Crippen molar-refractivity contribution in [2.24, 2.45) is 5.92 Å². The van der Waals surface area contributed by atoms with Gasteiger partial charge in [-0.2, -0.15) is 0 Å². The van der Waals surface area contributed by atoms with Crippen molar-refractivity contribution in [1.82, 2.24) is 26.1 Å². The molecule has 1 saturated heterocycles. The van der Waals surface area contributed by atoms with Crippen LogP contribution >= 0.6 is 0 Å². The van der Waals surface area contributed by atoms with Crippen LogP contribution in [0.2, 0.25) is 0 Å². The van der Waals surface area contributed by atoms with Gasteiger partial charge in [-0.3, -0.25) is 20.6 Å². The van der Waals surface area contributed by atoms with Crippen molar-refractivity contribution in [2.75, 3.05) is 19.6 Å². The quantitative estimate of drug-likeness (QED) is 0.753. The lowest BCUT2D eigenvalue weighted by molar-refractivity contribution is 0.0947. The Bertz CT molecular complexity index is 609. The maximum Gasteiger partial charge on any atom is 0.271 e. The molecular weight excluding hydrogens is 254 g/mol. The highest BCUT2D eigenvalue weighted by molar-refractivity contribution is 5.93. The van der Waals surface area contributed by atoms with Crippen LogP contribution in [0.25, 0.3) is 11.0 Å². The van der Waals surface area contributed by atoms with Crippen molar-refractivity contribution >= 4 is 16.9 Å². The molecule has 1 aliphatic heterocycles. The zero-order chi connectivity index (χ0) is 13.8. The number of nitrogens with zero attached hydrogens (tertiary/aromatic N) is 2. The summed E-state index contributed by atoms with van der Waals surface area (Å²) in [6, 6.07) is 7.53. The Morgan fingerprint density at radius 2 is 2.00 bits per heavy atom. The Morgan fingerprint density at radius 1 is 1.25 bits per heavy atom. The van der Waals surface area contributed by atoms with Crippen LogP contribution in [0.15, 0.2) is 30.5 Å². The minimum Gasteiger partial charge on any atom is -0.351 e. The van der Waals surface area contributed by atoms with Gasteiger partial charge in [-0.15, -0.1) is 0 Å². The molecule has 1 fully saturated rings. The van der Waals surface area contributed by atoms with Gasteiger partial charge in [-0.1, -0.05) is 12.1 Å². The summed E-state index contributed by atoms with van der Waals surface area (Å²) in [6.07, 6.45) is 2.48. The van der Waals surface area contributed by atoms with Gasteiger partial charge in [0.1, 0.15) is 5.69 Å². The first-order valence-electron chi connectivity index (χ1n) is 6.78. The first-order chi connectivity index (χ1) is 9.83. The van der Waals surface area contributed by atoms with Crippen LogP contribution in [0.1, 0.15) is 16.9 Å². The molecule has 3 rings (SSSR count). The van der Waals surface area contributed by atoms with Crippen molar-refractivity contribution in [3.8, 4) is 0 Å². The maximum absolute atomic E-state index is 12.0. The number of hydrogen-bond donors (Lipinski definition) is 3. The largest absolute Gasteiger partial charge is 0.351 e. The zero-order valence-corrected chi connectivity index (χ0v) is 11.1. The van der Waals surface area contributed by atoms with Gasteiger partial charge in [-0.25, -0.2) is 4.98 Å². The zero-order valence-electron chi connectivity index (χ0n) is 11.1. The van der Waals surface area contributed by atoms with Crippen LogP contribution in [0.4, 0.5) is 0 Å². The van der Waals surface area contributed by atoms with E-state index < -0.39 is 0 Å². The van der Waals surface area contributed by atoms with Crippen molar-refractivity contribution in [3.05, 3.63) is 36.2 Å². The lowest BCUT2D eigenvalue weighted by Gasteiger charge is -2.08. The predicted octanol–water partition coefficient (Wildman–Crippen LogP) is 0.474. The number of amides is 1. The van der Waals surface area contributed by atoms with Crippen molar-refractivity contribution in [1.29, 1.82) is 0 Å². The molecule has 1 aromatic carbocycles. The maximum atomic E-state index is 12.0. The van der Waals surface area contributed by atoms with E-state index in [0.717, 1.165) is 30.5 Å². The molecular formula is C14H17N5O. The minimum atomic E-state index is -0.165. The fourth-order valence-corrected chi connectivity index (χ4v) is 2.26. The van der Waals surface area contributed by atoms with Gasteiger partial charge in [0, 0.05) is 19.6 Å². The number of rotatable bonds is 4. The Hall–Kier alpha value is -2.05. The van der Waals surface area contributed by atoms with Gasteiger partial charge in [0.15, 0.2) is 0 Å². The van der Waals surface area contributed by atoms with Crippen molar-refractivity contribution in [2.45, 2.75) is 6.42 Å². The van der Waals surface area contributed by atoms with E-state index >= 15 is 0 Å². The van der Waals surface area contributed by atoms with Gasteiger partial charge < -0.3 is 5.32 Å². The van der Waals surface area contributed by atoms with Gasteiger partial charge in [0.25, 0.3) is 5.91 Å². The minimum absolute atomic E-state index is 0.165. The highest BCUT2D eigenvalue weighted by atomic mass is 16.1. The number of aromatic nitrogens is 2. The number of hydrazine groups is 1. The van der Waals surface area contributed by atoms with E-state index in [9.17, 15) is 4.79 Å². The smallest absolute Gasteiger partial charge is 0.271 e. The lowest BCUT2D eigenvalue weighted by Crippen LogP contribution is -2.27. The predicted molar refractivity (Wildman–Crippen MR) is 76.0 cm³/mol. The molecule has 20 heavy (non-hydrogen) atoms. The summed E-state index contributed by atoms with van der Waals surface area (Å²) in [5.41, 5.74) is 8.06. The summed E-state index contributed by atoms with van der Waals surface area (Å²) < 4.78 is 0. The third-order valence-electron chi connectivity index (χ3n) is 3.43. The molecule has 0 radical (unpaired) electrons. The Balaban J connectivity index is 1.60. The normalized spacial score (nSPS) is 15.6. The molecule has 1 amide bonds.